The summed E-state index contributed by atoms with van der Waals surface area (Å²) in [6.07, 6.45) is 9.29. The van der Waals surface area contributed by atoms with E-state index in [1.807, 2.05) is 7.05 Å². The molecule has 1 aliphatic carbocycles. The predicted octanol–water partition coefficient (Wildman–Crippen LogP) is 2.12. The van der Waals surface area contributed by atoms with Crippen molar-refractivity contribution in [2.75, 3.05) is 13.6 Å². The number of allylic oxidation sites excluding steroid dienone is 3. The maximum absolute atomic E-state index is 3.15. The van der Waals surface area contributed by atoms with Crippen LogP contribution in [0, 0.1) is 5.92 Å². The van der Waals surface area contributed by atoms with E-state index in [-0.39, 0.29) is 0 Å². The second-order valence-electron chi connectivity index (χ2n) is 3.20. The lowest BCUT2D eigenvalue weighted by atomic mass is 9.97. The van der Waals surface area contributed by atoms with Crippen molar-refractivity contribution in [3.05, 3.63) is 23.8 Å². The summed E-state index contributed by atoms with van der Waals surface area (Å²) in [7, 11) is 2.00. The molecule has 1 heteroatoms. The third-order valence-corrected chi connectivity index (χ3v) is 2.05. The van der Waals surface area contributed by atoms with E-state index in [4.69, 9.17) is 0 Å². The molecule has 1 aliphatic rings. The lowest BCUT2D eigenvalue weighted by molar-refractivity contribution is 0.715. The summed E-state index contributed by atoms with van der Waals surface area (Å²) in [5.74, 6) is 0.744. The number of nitrogens with one attached hydrogen (secondary N) is 1. The van der Waals surface area contributed by atoms with E-state index in [2.05, 4.69) is 30.5 Å². The molecular weight excluding hydrogens is 134 g/mol. The van der Waals surface area contributed by atoms with Gasteiger partial charge in [-0.3, -0.25) is 0 Å². The normalized spacial score (nSPS) is 23.5. The van der Waals surface area contributed by atoms with Crippen LogP contribution in [-0.4, -0.2) is 13.6 Å². The Hall–Kier alpha value is -0.560. The fourth-order valence-corrected chi connectivity index (χ4v) is 1.23. The topological polar surface area (TPSA) is 12.0 Å². The van der Waals surface area contributed by atoms with Gasteiger partial charge in [0.15, 0.2) is 0 Å². The molecule has 1 atom stereocenters. The van der Waals surface area contributed by atoms with E-state index in [1.165, 1.54) is 18.4 Å². The molecule has 0 aromatic heterocycles. The van der Waals surface area contributed by atoms with Crippen LogP contribution in [0.25, 0.3) is 0 Å². The fraction of sp³-hybridized carbons (Fsp3) is 0.600. The van der Waals surface area contributed by atoms with E-state index >= 15 is 0 Å². The molecule has 1 unspecified atom stereocenters. The molecule has 0 fully saturated rings. The maximum atomic E-state index is 3.15. The lowest BCUT2D eigenvalue weighted by Gasteiger charge is -2.10. The molecule has 1 rings (SSSR count). The van der Waals surface area contributed by atoms with Gasteiger partial charge in [0.2, 0.25) is 0 Å². The van der Waals surface area contributed by atoms with Gasteiger partial charge in [0.25, 0.3) is 0 Å². The standard InChI is InChI=1S/C10H17N/c1-9-3-5-10(6-4-9)7-8-11-2/h3,5-6,9,11H,4,7-8H2,1-2H3. The lowest BCUT2D eigenvalue weighted by Crippen LogP contribution is -2.08. The van der Waals surface area contributed by atoms with E-state index in [0.29, 0.717) is 0 Å². The Bertz CT molecular complexity index is 168. The molecule has 0 saturated heterocycles. The average molecular weight is 151 g/mol. The van der Waals surface area contributed by atoms with Gasteiger partial charge in [-0.1, -0.05) is 30.7 Å². The van der Waals surface area contributed by atoms with E-state index in [0.717, 1.165) is 12.5 Å². The molecular formula is C10H17N. The Morgan fingerprint density at radius 1 is 1.64 bits per heavy atom. The molecule has 0 spiro atoms. The number of hydrogen-bond acceptors (Lipinski definition) is 1. The summed E-state index contributed by atoms with van der Waals surface area (Å²) >= 11 is 0. The van der Waals surface area contributed by atoms with Gasteiger partial charge in [-0.2, -0.15) is 0 Å². The van der Waals surface area contributed by atoms with Crippen LogP contribution in [0.4, 0.5) is 0 Å². The van der Waals surface area contributed by atoms with Crippen LogP contribution in [0.1, 0.15) is 19.8 Å². The largest absolute Gasteiger partial charge is 0.319 e. The Labute approximate surface area is 69.2 Å². The smallest absolute Gasteiger partial charge is 0.00115 e. The third kappa shape index (κ3) is 2.89. The highest BCUT2D eigenvalue weighted by Gasteiger charge is 2.01. The van der Waals surface area contributed by atoms with Crippen LogP contribution < -0.4 is 5.32 Å². The Kier molecular flexibility index (Phi) is 3.37. The minimum atomic E-state index is 0.744. The molecule has 0 heterocycles. The zero-order valence-electron chi connectivity index (χ0n) is 7.43. The second-order valence-corrected chi connectivity index (χ2v) is 3.20. The van der Waals surface area contributed by atoms with Crippen molar-refractivity contribution in [1.29, 1.82) is 0 Å². The highest BCUT2D eigenvalue weighted by molar-refractivity contribution is 5.23. The summed E-state index contributed by atoms with van der Waals surface area (Å²) in [4.78, 5) is 0. The van der Waals surface area contributed by atoms with Crippen molar-refractivity contribution >= 4 is 0 Å². The first-order valence-corrected chi connectivity index (χ1v) is 4.34. The van der Waals surface area contributed by atoms with Gasteiger partial charge in [-0.15, -0.1) is 0 Å². The average Bonchev–Trinajstić information content (AvgIpc) is 2.04. The molecule has 0 aliphatic heterocycles. The maximum Gasteiger partial charge on any atom is -0.00115 e. The van der Waals surface area contributed by atoms with E-state index in [1.54, 1.807) is 0 Å². The van der Waals surface area contributed by atoms with Crippen molar-refractivity contribution in [2.45, 2.75) is 19.8 Å². The first kappa shape index (κ1) is 8.54. The van der Waals surface area contributed by atoms with Crippen molar-refractivity contribution in [1.82, 2.24) is 5.32 Å². The molecule has 0 radical (unpaired) electrons. The molecule has 0 aromatic rings. The molecule has 1 nitrogen and oxygen atoms in total. The molecule has 0 saturated carbocycles. The van der Waals surface area contributed by atoms with Crippen molar-refractivity contribution in [3.8, 4) is 0 Å². The highest BCUT2D eigenvalue weighted by Crippen LogP contribution is 2.16. The third-order valence-electron chi connectivity index (χ3n) is 2.05. The van der Waals surface area contributed by atoms with Crippen LogP contribution in [0.2, 0.25) is 0 Å². The Morgan fingerprint density at radius 3 is 3.00 bits per heavy atom. The van der Waals surface area contributed by atoms with Crippen molar-refractivity contribution < 1.29 is 0 Å². The highest BCUT2D eigenvalue weighted by atomic mass is 14.8. The van der Waals surface area contributed by atoms with Gasteiger partial charge >= 0.3 is 0 Å². The van der Waals surface area contributed by atoms with Crippen molar-refractivity contribution in [2.24, 2.45) is 5.92 Å². The summed E-state index contributed by atoms with van der Waals surface area (Å²) in [6.45, 7) is 3.34. The minimum Gasteiger partial charge on any atom is -0.319 e. The molecule has 62 valence electrons. The van der Waals surface area contributed by atoms with Gasteiger partial charge < -0.3 is 5.32 Å². The number of hydrogen-bond donors (Lipinski definition) is 1. The van der Waals surface area contributed by atoms with Gasteiger partial charge in [0, 0.05) is 0 Å². The monoisotopic (exact) mass is 151 g/mol. The second kappa shape index (κ2) is 4.35. The van der Waals surface area contributed by atoms with Gasteiger partial charge in [0.05, 0.1) is 0 Å². The summed E-state index contributed by atoms with van der Waals surface area (Å²) in [5.41, 5.74) is 1.48. The van der Waals surface area contributed by atoms with Crippen LogP contribution in [0.15, 0.2) is 23.8 Å². The Morgan fingerprint density at radius 2 is 2.45 bits per heavy atom. The molecule has 11 heavy (non-hydrogen) atoms. The van der Waals surface area contributed by atoms with Gasteiger partial charge in [-0.25, -0.2) is 0 Å². The van der Waals surface area contributed by atoms with E-state index in [9.17, 15) is 0 Å². The van der Waals surface area contributed by atoms with Crippen LogP contribution in [0.5, 0.6) is 0 Å². The van der Waals surface area contributed by atoms with Crippen molar-refractivity contribution in [3.63, 3.8) is 0 Å². The first-order chi connectivity index (χ1) is 5.33. The van der Waals surface area contributed by atoms with Crippen LogP contribution in [-0.2, 0) is 0 Å². The molecule has 1 N–H and O–H groups in total. The zero-order chi connectivity index (χ0) is 8.10. The molecule has 0 aromatic carbocycles. The number of rotatable bonds is 3. The first-order valence-electron chi connectivity index (χ1n) is 4.34. The van der Waals surface area contributed by atoms with Gasteiger partial charge in [-0.05, 0) is 32.4 Å². The Balaban J connectivity index is 2.31. The SMILES string of the molecule is CNCCC1=CCC(C)C=C1. The quantitative estimate of drug-likeness (QED) is 0.651. The van der Waals surface area contributed by atoms with Crippen LogP contribution >= 0.6 is 0 Å². The summed E-state index contributed by atoms with van der Waals surface area (Å²) in [5, 5.41) is 3.15. The summed E-state index contributed by atoms with van der Waals surface area (Å²) < 4.78 is 0. The van der Waals surface area contributed by atoms with Crippen LogP contribution in [0.3, 0.4) is 0 Å². The molecule has 0 amide bonds. The summed E-state index contributed by atoms with van der Waals surface area (Å²) in [6, 6.07) is 0. The van der Waals surface area contributed by atoms with E-state index < -0.39 is 0 Å². The fourth-order valence-electron chi connectivity index (χ4n) is 1.23. The van der Waals surface area contributed by atoms with Gasteiger partial charge in [0.1, 0.15) is 0 Å². The zero-order valence-corrected chi connectivity index (χ0v) is 7.43. The molecule has 0 bridgehead atoms. The predicted molar refractivity (Wildman–Crippen MR) is 49.5 cm³/mol. The minimum absolute atomic E-state index is 0.744.